The average Bonchev–Trinajstić information content (AvgIpc) is 2.76. The molecule has 0 unspecified atom stereocenters. The third kappa shape index (κ3) is 2.93. The van der Waals surface area contributed by atoms with Crippen LogP contribution in [0.15, 0.2) is 47.3 Å². The lowest BCUT2D eigenvalue weighted by Gasteiger charge is -2.22. The average molecular weight is 345 g/mol. The van der Waals surface area contributed by atoms with Crippen molar-refractivity contribution in [3.05, 3.63) is 47.3 Å². The van der Waals surface area contributed by atoms with E-state index in [0.29, 0.717) is 0 Å². The Morgan fingerprint density at radius 2 is 2.00 bits per heavy atom. The van der Waals surface area contributed by atoms with Gasteiger partial charge >= 0.3 is 0 Å². The Morgan fingerprint density at radius 3 is 2.67 bits per heavy atom. The van der Waals surface area contributed by atoms with Crippen molar-refractivity contribution in [3.63, 3.8) is 0 Å². The van der Waals surface area contributed by atoms with Crippen molar-refractivity contribution in [3.8, 4) is 11.3 Å². The number of hydrogen-bond acceptors (Lipinski definition) is 3. The van der Waals surface area contributed by atoms with Gasteiger partial charge in [0.05, 0.1) is 0 Å². The van der Waals surface area contributed by atoms with Gasteiger partial charge in [0.25, 0.3) is 0 Å². The van der Waals surface area contributed by atoms with Crippen LogP contribution in [0.25, 0.3) is 16.9 Å². The van der Waals surface area contributed by atoms with Crippen LogP contribution in [0.3, 0.4) is 0 Å². The van der Waals surface area contributed by atoms with Gasteiger partial charge in [0, 0.05) is 34.2 Å². The fraction of sp³-hybridized carbons (Fsp3) is 0.250. The van der Waals surface area contributed by atoms with Gasteiger partial charge in [-0.15, -0.1) is 0 Å². The molecule has 0 atom stereocenters. The molecule has 0 aliphatic heterocycles. The molecule has 0 fully saturated rings. The highest BCUT2D eigenvalue weighted by molar-refractivity contribution is 9.10. The maximum atomic E-state index is 4.75. The van der Waals surface area contributed by atoms with Gasteiger partial charge in [0.1, 0.15) is 17.2 Å². The number of imidazole rings is 1. The molecular weight excluding hydrogens is 328 g/mol. The summed E-state index contributed by atoms with van der Waals surface area (Å²) >= 11 is 3.52. The fourth-order valence-corrected chi connectivity index (χ4v) is 2.53. The first-order chi connectivity index (χ1) is 9.94. The van der Waals surface area contributed by atoms with Gasteiger partial charge in [-0.25, -0.2) is 4.98 Å². The third-order valence-corrected chi connectivity index (χ3v) is 3.48. The second-order valence-electron chi connectivity index (χ2n) is 6.00. The van der Waals surface area contributed by atoms with Crippen LogP contribution in [0.5, 0.6) is 0 Å². The summed E-state index contributed by atoms with van der Waals surface area (Å²) in [5.41, 5.74) is 2.76. The molecule has 0 saturated carbocycles. The van der Waals surface area contributed by atoms with E-state index in [-0.39, 0.29) is 5.54 Å². The van der Waals surface area contributed by atoms with Gasteiger partial charge < -0.3 is 5.32 Å². The van der Waals surface area contributed by atoms with Gasteiger partial charge in [0.15, 0.2) is 0 Å². The molecule has 0 aliphatic carbocycles. The normalized spacial score (nSPS) is 11.8. The Balaban J connectivity index is 2.25. The van der Waals surface area contributed by atoms with Crippen LogP contribution in [0.1, 0.15) is 20.8 Å². The van der Waals surface area contributed by atoms with E-state index in [9.17, 15) is 0 Å². The Kier molecular flexibility index (Phi) is 3.45. The lowest BCUT2D eigenvalue weighted by Crippen LogP contribution is -2.27. The summed E-state index contributed by atoms with van der Waals surface area (Å²) in [5.74, 6) is 0.979. The van der Waals surface area contributed by atoms with E-state index in [1.54, 1.807) is 6.20 Å². The summed E-state index contributed by atoms with van der Waals surface area (Å²) in [6.45, 7) is 6.41. The molecule has 1 N–H and O–H groups in total. The quantitative estimate of drug-likeness (QED) is 0.750. The first-order valence-corrected chi connectivity index (χ1v) is 7.59. The van der Waals surface area contributed by atoms with Crippen LogP contribution in [0.4, 0.5) is 5.82 Å². The van der Waals surface area contributed by atoms with Gasteiger partial charge in [0.2, 0.25) is 0 Å². The molecule has 108 valence electrons. The third-order valence-electron chi connectivity index (χ3n) is 3.01. The summed E-state index contributed by atoms with van der Waals surface area (Å²) in [5, 5.41) is 3.55. The molecule has 0 aliphatic rings. The summed E-state index contributed by atoms with van der Waals surface area (Å²) in [6, 6.07) is 7.95. The maximum Gasteiger partial charge on any atom is 0.139 e. The minimum absolute atomic E-state index is 0.0603. The molecule has 0 amide bonds. The van der Waals surface area contributed by atoms with Crippen LogP contribution in [-0.2, 0) is 0 Å². The molecule has 3 aromatic rings. The number of pyridine rings is 2. The largest absolute Gasteiger partial charge is 0.365 e. The van der Waals surface area contributed by atoms with Crippen molar-refractivity contribution < 1.29 is 0 Å². The predicted molar refractivity (Wildman–Crippen MR) is 89.5 cm³/mol. The molecule has 3 aromatic heterocycles. The summed E-state index contributed by atoms with van der Waals surface area (Å²) in [6.07, 6.45) is 5.63. The highest BCUT2D eigenvalue weighted by atomic mass is 79.9. The number of rotatable bonds is 2. The smallest absolute Gasteiger partial charge is 0.139 e. The monoisotopic (exact) mass is 344 g/mol. The minimum Gasteiger partial charge on any atom is -0.365 e. The van der Waals surface area contributed by atoms with Gasteiger partial charge in [-0.3, -0.25) is 9.38 Å². The number of nitrogens with one attached hydrogen (secondary N) is 1. The summed E-state index contributed by atoms with van der Waals surface area (Å²) in [4.78, 5) is 8.95. The van der Waals surface area contributed by atoms with Crippen LogP contribution < -0.4 is 5.32 Å². The molecule has 0 saturated heterocycles. The molecule has 4 nitrogen and oxygen atoms in total. The number of aromatic nitrogens is 3. The van der Waals surface area contributed by atoms with Crippen LogP contribution in [0.2, 0.25) is 0 Å². The molecule has 0 bridgehead atoms. The van der Waals surface area contributed by atoms with Crippen molar-refractivity contribution in [2.45, 2.75) is 26.3 Å². The zero-order chi connectivity index (χ0) is 15.0. The van der Waals surface area contributed by atoms with Crippen LogP contribution in [0, 0.1) is 0 Å². The molecule has 21 heavy (non-hydrogen) atoms. The summed E-state index contributed by atoms with van der Waals surface area (Å²) in [7, 11) is 0. The van der Waals surface area contributed by atoms with E-state index in [1.807, 2.05) is 36.7 Å². The highest BCUT2D eigenvalue weighted by Crippen LogP contribution is 2.31. The van der Waals surface area contributed by atoms with Crippen LogP contribution >= 0.6 is 15.9 Å². The number of halogens is 1. The summed E-state index contributed by atoms with van der Waals surface area (Å²) < 4.78 is 3.08. The lowest BCUT2D eigenvalue weighted by molar-refractivity contribution is 0.629. The van der Waals surface area contributed by atoms with Crippen molar-refractivity contribution in [2.75, 3.05) is 5.32 Å². The Labute approximate surface area is 132 Å². The first-order valence-electron chi connectivity index (χ1n) is 6.80. The van der Waals surface area contributed by atoms with Crippen molar-refractivity contribution in [2.24, 2.45) is 0 Å². The lowest BCUT2D eigenvalue weighted by atomic mass is 10.1. The van der Waals surface area contributed by atoms with Crippen molar-refractivity contribution >= 4 is 27.4 Å². The number of nitrogens with zero attached hydrogens (tertiary/aromatic N) is 3. The molecule has 3 heterocycles. The number of hydrogen-bond donors (Lipinski definition) is 1. The number of anilines is 1. The van der Waals surface area contributed by atoms with Gasteiger partial charge in [-0.1, -0.05) is 0 Å². The predicted octanol–water partition coefficient (Wildman–Crippen LogP) is 4.37. The SMILES string of the molecule is CC(C)(C)Nc1c(-c2cccnc2)nc2ccc(Br)cn12. The van der Waals surface area contributed by atoms with Gasteiger partial charge in [-0.05, 0) is 61.0 Å². The zero-order valence-electron chi connectivity index (χ0n) is 12.3. The van der Waals surface area contributed by atoms with E-state index in [4.69, 9.17) is 4.98 Å². The molecule has 5 heteroatoms. The number of fused-ring (bicyclic) bond motifs is 1. The second-order valence-corrected chi connectivity index (χ2v) is 6.92. The molecule has 3 rings (SSSR count). The molecule has 0 radical (unpaired) electrons. The van der Waals surface area contributed by atoms with E-state index >= 15 is 0 Å². The van der Waals surface area contributed by atoms with E-state index < -0.39 is 0 Å². The van der Waals surface area contributed by atoms with E-state index in [0.717, 1.165) is 27.2 Å². The highest BCUT2D eigenvalue weighted by Gasteiger charge is 2.19. The van der Waals surface area contributed by atoms with E-state index in [1.165, 1.54) is 0 Å². The van der Waals surface area contributed by atoms with E-state index in [2.05, 4.69) is 51.4 Å². The van der Waals surface area contributed by atoms with Crippen molar-refractivity contribution in [1.82, 2.24) is 14.4 Å². The first kappa shape index (κ1) is 14.1. The standard InChI is InChI=1S/C16H17BrN4/c1-16(2,3)20-15-14(11-5-4-8-18-9-11)19-13-7-6-12(17)10-21(13)15/h4-10,20H,1-3H3. The maximum absolute atomic E-state index is 4.75. The molecule has 0 spiro atoms. The molecular formula is C16H17BrN4. The minimum atomic E-state index is -0.0603. The van der Waals surface area contributed by atoms with Crippen LogP contribution in [-0.4, -0.2) is 19.9 Å². The van der Waals surface area contributed by atoms with Gasteiger partial charge in [-0.2, -0.15) is 0 Å². The Morgan fingerprint density at radius 1 is 1.19 bits per heavy atom. The molecule has 0 aromatic carbocycles. The second kappa shape index (κ2) is 5.15. The zero-order valence-corrected chi connectivity index (χ0v) is 13.8. The Bertz CT molecular complexity index is 772. The fourth-order valence-electron chi connectivity index (χ4n) is 2.20. The topological polar surface area (TPSA) is 42.2 Å². The Hall–Kier alpha value is -1.88. The van der Waals surface area contributed by atoms with Crippen molar-refractivity contribution in [1.29, 1.82) is 0 Å².